The average Bonchev–Trinajstić information content (AvgIpc) is 3.46. The first-order chi connectivity index (χ1) is 17.9. The fourth-order valence-electron chi connectivity index (χ4n) is 4.95. The van der Waals surface area contributed by atoms with Crippen LogP contribution >= 0.6 is 0 Å². The van der Waals surface area contributed by atoms with E-state index in [0.717, 1.165) is 48.0 Å². The molecule has 0 radical (unpaired) electrons. The molecule has 2 aliphatic rings. The van der Waals surface area contributed by atoms with Gasteiger partial charge in [0.05, 0.1) is 31.6 Å². The van der Waals surface area contributed by atoms with Gasteiger partial charge in [-0.25, -0.2) is 19.7 Å². The number of aryl methyl sites for hydroxylation is 2. The molecule has 2 N–H and O–H groups in total. The molecule has 0 bridgehead atoms. The predicted octanol–water partition coefficient (Wildman–Crippen LogP) is 3.85. The monoisotopic (exact) mass is 505 g/mol. The van der Waals surface area contributed by atoms with Crippen LogP contribution in [-0.2, 0) is 28.2 Å². The summed E-state index contributed by atoms with van der Waals surface area (Å²) in [6.07, 6.45) is 4.59. The highest BCUT2D eigenvalue weighted by atomic mass is 16.5. The van der Waals surface area contributed by atoms with Gasteiger partial charge in [-0.3, -0.25) is 0 Å². The maximum absolute atomic E-state index is 11.9. The molecule has 0 unspecified atom stereocenters. The molecule has 5 rings (SSSR count). The van der Waals surface area contributed by atoms with Gasteiger partial charge in [-0.15, -0.1) is 0 Å². The molecule has 0 spiro atoms. The van der Waals surface area contributed by atoms with E-state index in [9.17, 15) is 4.79 Å². The van der Waals surface area contributed by atoms with E-state index in [1.807, 2.05) is 50.5 Å². The Morgan fingerprint density at radius 2 is 2.05 bits per heavy atom. The lowest BCUT2D eigenvalue weighted by molar-refractivity contribution is -0.0346. The summed E-state index contributed by atoms with van der Waals surface area (Å²) in [5.41, 5.74) is 3.03. The van der Waals surface area contributed by atoms with Gasteiger partial charge in [0, 0.05) is 48.8 Å². The van der Waals surface area contributed by atoms with Crippen LogP contribution in [-0.4, -0.2) is 57.9 Å². The molecule has 2 atom stereocenters. The molecule has 4 heterocycles. The molecule has 2 aromatic heterocycles. The number of urea groups is 1. The van der Waals surface area contributed by atoms with Crippen molar-refractivity contribution in [2.75, 3.05) is 36.5 Å². The number of carbonyl (C=O) groups excluding carboxylic acids is 1. The molecule has 2 amide bonds. The maximum Gasteiger partial charge on any atom is 0.319 e. The number of nitrogens with one attached hydrogen (secondary N) is 2. The van der Waals surface area contributed by atoms with E-state index in [1.54, 1.807) is 0 Å². The van der Waals surface area contributed by atoms with Crippen LogP contribution < -0.4 is 15.5 Å². The predicted molar refractivity (Wildman–Crippen MR) is 142 cm³/mol. The molecule has 0 saturated carbocycles. The second-order valence-electron chi connectivity index (χ2n) is 9.81. The Bertz CT molecular complexity index is 1260. The normalized spacial score (nSPS) is 21.1. The van der Waals surface area contributed by atoms with Gasteiger partial charge in [0.15, 0.2) is 5.82 Å². The Labute approximate surface area is 217 Å². The van der Waals surface area contributed by atoms with Crippen LogP contribution in [0, 0.1) is 6.92 Å². The van der Waals surface area contributed by atoms with Crippen LogP contribution in [0.1, 0.15) is 44.3 Å². The fourth-order valence-corrected chi connectivity index (χ4v) is 4.95. The summed E-state index contributed by atoms with van der Waals surface area (Å²) in [5, 5.41) is 5.58. The summed E-state index contributed by atoms with van der Waals surface area (Å²) in [7, 11) is 0. The molecule has 1 saturated heterocycles. The van der Waals surface area contributed by atoms with Crippen molar-refractivity contribution in [2.45, 2.75) is 58.9 Å². The number of amides is 2. The fraction of sp³-hybridized carbons (Fsp3) is 0.481. The molecule has 10 nitrogen and oxygen atoms in total. The second-order valence-corrected chi connectivity index (χ2v) is 9.81. The van der Waals surface area contributed by atoms with Crippen LogP contribution in [0.25, 0.3) is 11.4 Å². The molecular formula is C27H35N7O3. The van der Waals surface area contributed by atoms with Crippen LogP contribution in [0.2, 0.25) is 0 Å². The molecule has 1 fully saturated rings. The first-order valence-corrected chi connectivity index (χ1v) is 12.9. The lowest BCUT2D eigenvalue weighted by Gasteiger charge is -2.35. The van der Waals surface area contributed by atoms with E-state index >= 15 is 0 Å². The van der Waals surface area contributed by atoms with E-state index in [-0.39, 0.29) is 12.1 Å². The standard InChI is InChI=1S/C27H35N7O3/c1-5-28-26(35)30-21-8-6-20(7-9-21)24-31-23-22(25(32-24)34-14-15-36-16-18(34)2)17-37-27(23,4)10-12-33-13-11-29-19(33)3/h6-9,11,13,18H,5,10,12,14-17H2,1-4H3,(H2,28,30,35)/t18-,27-/m0/s1. The number of nitrogens with zero attached hydrogens (tertiary/aromatic N) is 5. The Kier molecular flexibility index (Phi) is 7.12. The number of carbonyl (C=O) groups is 1. The van der Waals surface area contributed by atoms with Gasteiger partial charge in [-0.1, -0.05) is 0 Å². The zero-order valence-electron chi connectivity index (χ0n) is 22.0. The van der Waals surface area contributed by atoms with Gasteiger partial charge in [-0.2, -0.15) is 0 Å². The zero-order chi connectivity index (χ0) is 26.0. The number of anilines is 2. The number of rotatable bonds is 7. The van der Waals surface area contributed by atoms with E-state index in [1.165, 1.54) is 0 Å². The quantitative estimate of drug-likeness (QED) is 0.502. The number of hydrogen-bond donors (Lipinski definition) is 2. The average molecular weight is 506 g/mol. The molecule has 196 valence electrons. The lowest BCUT2D eigenvalue weighted by atomic mass is 9.95. The minimum atomic E-state index is -0.548. The third-order valence-electron chi connectivity index (χ3n) is 7.15. The van der Waals surface area contributed by atoms with Crippen LogP contribution in [0.5, 0.6) is 0 Å². The number of ether oxygens (including phenoxy) is 2. The summed E-state index contributed by atoms with van der Waals surface area (Å²) in [6, 6.07) is 7.60. The minimum Gasteiger partial charge on any atom is -0.377 e. The highest BCUT2D eigenvalue weighted by Gasteiger charge is 2.41. The van der Waals surface area contributed by atoms with Gasteiger partial charge in [0.25, 0.3) is 0 Å². The molecule has 37 heavy (non-hydrogen) atoms. The zero-order valence-corrected chi connectivity index (χ0v) is 22.0. The maximum atomic E-state index is 11.9. The highest BCUT2D eigenvalue weighted by molar-refractivity contribution is 5.89. The van der Waals surface area contributed by atoms with Gasteiger partial charge >= 0.3 is 6.03 Å². The van der Waals surface area contributed by atoms with E-state index in [4.69, 9.17) is 19.4 Å². The largest absolute Gasteiger partial charge is 0.377 e. The number of morpholine rings is 1. The SMILES string of the molecule is CCNC(=O)Nc1ccc(-c2nc(N3CCOC[C@@H]3C)c3c(n2)[C@](C)(CCn2ccnc2C)OC3)cc1. The molecule has 3 aromatic rings. The number of fused-ring (bicyclic) bond motifs is 1. The molecule has 0 aliphatic carbocycles. The van der Waals surface area contributed by atoms with Gasteiger partial charge in [0.2, 0.25) is 0 Å². The second kappa shape index (κ2) is 10.5. The van der Waals surface area contributed by atoms with E-state index in [2.05, 4.69) is 38.9 Å². The third-order valence-corrected chi connectivity index (χ3v) is 7.15. The topological polar surface area (TPSA) is 106 Å². The van der Waals surface area contributed by atoms with Crippen molar-refractivity contribution in [3.8, 4) is 11.4 Å². The van der Waals surface area contributed by atoms with Crippen molar-refractivity contribution in [3.63, 3.8) is 0 Å². The lowest BCUT2D eigenvalue weighted by Crippen LogP contribution is -2.44. The third kappa shape index (κ3) is 5.17. The van der Waals surface area contributed by atoms with Crippen LogP contribution in [0.3, 0.4) is 0 Å². The Morgan fingerprint density at radius 1 is 1.24 bits per heavy atom. The first-order valence-electron chi connectivity index (χ1n) is 12.9. The van der Waals surface area contributed by atoms with Crippen LogP contribution in [0.15, 0.2) is 36.7 Å². The number of aromatic nitrogens is 4. The van der Waals surface area contributed by atoms with Crippen LogP contribution in [0.4, 0.5) is 16.3 Å². The Balaban J connectivity index is 1.50. The summed E-state index contributed by atoms with van der Waals surface area (Å²) < 4.78 is 14.3. The molecular weight excluding hydrogens is 470 g/mol. The summed E-state index contributed by atoms with van der Waals surface area (Å²) in [4.78, 5) is 28.7. The Hall–Kier alpha value is -3.50. The number of benzene rings is 1. The van der Waals surface area contributed by atoms with Crippen molar-refractivity contribution in [2.24, 2.45) is 0 Å². The van der Waals surface area contributed by atoms with Gasteiger partial charge in [0.1, 0.15) is 17.2 Å². The summed E-state index contributed by atoms with van der Waals surface area (Å²) in [5.74, 6) is 2.55. The first kappa shape index (κ1) is 25.2. The molecule has 10 heteroatoms. The minimum absolute atomic E-state index is 0.199. The van der Waals surface area contributed by atoms with Crippen molar-refractivity contribution in [3.05, 3.63) is 53.7 Å². The van der Waals surface area contributed by atoms with Crippen molar-refractivity contribution in [1.29, 1.82) is 0 Å². The molecule has 1 aromatic carbocycles. The van der Waals surface area contributed by atoms with Crippen molar-refractivity contribution >= 4 is 17.5 Å². The van der Waals surface area contributed by atoms with Crippen molar-refractivity contribution in [1.82, 2.24) is 24.8 Å². The molecule has 2 aliphatic heterocycles. The number of hydrogen-bond acceptors (Lipinski definition) is 7. The number of imidazole rings is 1. The Morgan fingerprint density at radius 3 is 2.76 bits per heavy atom. The summed E-state index contributed by atoms with van der Waals surface area (Å²) >= 11 is 0. The van der Waals surface area contributed by atoms with E-state index in [0.29, 0.717) is 37.9 Å². The van der Waals surface area contributed by atoms with Gasteiger partial charge < -0.3 is 29.6 Å². The van der Waals surface area contributed by atoms with E-state index < -0.39 is 5.60 Å². The smallest absolute Gasteiger partial charge is 0.319 e. The highest BCUT2D eigenvalue weighted by Crippen LogP contribution is 2.43. The van der Waals surface area contributed by atoms with Gasteiger partial charge in [-0.05, 0) is 58.4 Å². The van der Waals surface area contributed by atoms with Crippen molar-refractivity contribution < 1.29 is 14.3 Å². The summed E-state index contributed by atoms with van der Waals surface area (Å²) in [6.45, 7) is 12.1.